The fourth-order valence-electron chi connectivity index (χ4n) is 7.89. The van der Waals surface area contributed by atoms with Gasteiger partial charge in [-0.3, -0.25) is 0 Å². The van der Waals surface area contributed by atoms with Crippen LogP contribution in [0.5, 0.6) is 0 Å². The molecule has 0 unspecified atom stereocenters. The van der Waals surface area contributed by atoms with E-state index < -0.39 is 0 Å². The van der Waals surface area contributed by atoms with Crippen LogP contribution in [0.25, 0.3) is 0 Å². The molecule has 4 aliphatic carbocycles. The van der Waals surface area contributed by atoms with Crippen LogP contribution in [0.4, 0.5) is 0 Å². The Hall–Kier alpha value is 0.896. The molecule has 4 aliphatic rings. The van der Waals surface area contributed by atoms with Gasteiger partial charge in [0.05, 0.1) is 0 Å². The SMILES string of the molecule is [BH2-](C1CCCCC1)C1CCCCC1.[BH2-](C1CCCCC1)C1CCCCC1.[Mg+2]. The minimum absolute atomic E-state index is 0. The fraction of sp³-hybridized carbons (Fsp3) is 1.00. The van der Waals surface area contributed by atoms with Crippen molar-refractivity contribution in [2.75, 3.05) is 0 Å². The van der Waals surface area contributed by atoms with Gasteiger partial charge in [-0.05, 0) is 14.6 Å². The summed E-state index contributed by atoms with van der Waals surface area (Å²) in [4.78, 5) is 0. The molecule has 4 saturated carbocycles. The third-order valence-electron chi connectivity index (χ3n) is 9.46. The molecule has 0 aromatic heterocycles. The molecule has 0 radical (unpaired) electrons. The summed E-state index contributed by atoms with van der Waals surface area (Å²) in [5.74, 6) is 4.99. The van der Waals surface area contributed by atoms with Crippen LogP contribution < -0.4 is 0 Å². The number of hydrogen-bond acceptors (Lipinski definition) is 0. The van der Waals surface area contributed by atoms with Crippen molar-refractivity contribution < 1.29 is 0 Å². The molecule has 0 bridgehead atoms. The molecule has 152 valence electrons. The molecule has 0 saturated heterocycles. The standard InChI is InChI=1S/2C12H24B.Mg/c2*1-3-7-11(8-4-1)13-12-9-5-2-6-10-12;/h2*11-12H,1-10,13H2;/q2*-1;+2. The molecule has 0 aromatic rings. The van der Waals surface area contributed by atoms with E-state index in [4.69, 9.17) is 0 Å². The van der Waals surface area contributed by atoms with E-state index in [2.05, 4.69) is 0 Å². The van der Waals surface area contributed by atoms with Gasteiger partial charge in [0.25, 0.3) is 0 Å². The van der Waals surface area contributed by atoms with Crippen molar-refractivity contribution in [1.82, 2.24) is 0 Å². The van der Waals surface area contributed by atoms with E-state index in [0.717, 1.165) is 0 Å². The Bertz CT molecular complexity index is 272. The molecule has 0 amide bonds. The van der Waals surface area contributed by atoms with Crippen LogP contribution in [-0.4, -0.2) is 37.6 Å². The maximum Gasteiger partial charge on any atom is 2.00 e. The minimum Gasteiger partial charge on any atom is -0.172 e. The molecule has 0 heterocycles. The maximum absolute atomic E-state index is 1.61. The predicted octanol–water partition coefficient (Wildman–Crippen LogP) is 6.94. The zero-order valence-electron chi connectivity index (χ0n) is 19.2. The van der Waals surface area contributed by atoms with E-state index in [9.17, 15) is 0 Å². The van der Waals surface area contributed by atoms with E-state index in [1.165, 1.54) is 49.0 Å². The second kappa shape index (κ2) is 14.8. The van der Waals surface area contributed by atoms with Gasteiger partial charge in [-0.2, -0.15) is 23.3 Å². The summed E-state index contributed by atoms with van der Waals surface area (Å²) in [5.41, 5.74) is 0. The molecule has 27 heavy (non-hydrogen) atoms. The first kappa shape index (κ1) is 24.2. The Morgan fingerprint density at radius 3 is 0.667 bits per heavy atom. The second-order valence-corrected chi connectivity index (χ2v) is 11.6. The van der Waals surface area contributed by atoms with E-state index in [1.807, 2.05) is 0 Å². The van der Waals surface area contributed by atoms with Gasteiger partial charge in [0.1, 0.15) is 0 Å². The largest absolute Gasteiger partial charge is 2.00 e. The van der Waals surface area contributed by atoms with Gasteiger partial charge in [0.2, 0.25) is 0 Å². The van der Waals surface area contributed by atoms with E-state index in [0.29, 0.717) is 14.6 Å². The average Bonchev–Trinajstić information content (AvgIpc) is 2.72. The maximum atomic E-state index is 1.61. The van der Waals surface area contributed by atoms with Crippen molar-refractivity contribution in [2.45, 2.75) is 152 Å². The van der Waals surface area contributed by atoms with Crippen molar-refractivity contribution in [3.05, 3.63) is 0 Å². The first-order valence-electron chi connectivity index (χ1n) is 13.6. The predicted molar refractivity (Wildman–Crippen MR) is 130 cm³/mol. The molecule has 4 rings (SSSR count). The van der Waals surface area contributed by atoms with E-state index >= 15 is 0 Å². The summed E-state index contributed by atoms with van der Waals surface area (Å²) in [6.07, 6.45) is 31.5. The molecule has 0 atom stereocenters. The first-order chi connectivity index (χ1) is 12.9. The Balaban J connectivity index is 0.000000187. The van der Waals surface area contributed by atoms with Crippen LogP contribution in [0.15, 0.2) is 0 Å². The van der Waals surface area contributed by atoms with Gasteiger partial charge in [-0.1, -0.05) is 128 Å². The van der Waals surface area contributed by atoms with Crippen molar-refractivity contribution in [3.8, 4) is 0 Å². The van der Waals surface area contributed by atoms with Gasteiger partial charge in [0.15, 0.2) is 0 Å². The molecule has 3 heteroatoms. The monoisotopic (exact) mass is 382 g/mol. The quantitative estimate of drug-likeness (QED) is 0.462. The summed E-state index contributed by atoms with van der Waals surface area (Å²) in [6, 6.07) is 0. The molecule has 0 aliphatic heterocycles. The zero-order valence-corrected chi connectivity index (χ0v) is 20.6. The van der Waals surface area contributed by atoms with Crippen molar-refractivity contribution in [3.63, 3.8) is 0 Å². The molecular weight excluding hydrogens is 334 g/mol. The van der Waals surface area contributed by atoms with Crippen LogP contribution in [0.1, 0.15) is 128 Å². The minimum atomic E-state index is 0. The van der Waals surface area contributed by atoms with Gasteiger partial charge >= 0.3 is 23.1 Å². The molecule has 0 N–H and O–H groups in total. The van der Waals surface area contributed by atoms with Crippen molar-refractivity contribution in [1.29, 1.82) is 0 Å². The Labute approximate surface area is 188 Å². The Morgan fingerprint density at radius 1 is 0.296 bits per heavy atom. The normalized spacial score (nSPS) is 26.7. The molecule has 4 fully saturated rings. The molecule has 0 nitrogen and oxygen atoms in total. The summed E-state index contributed by atoms with van der Waals surface area (Å²) in [7, 11) is 0.892. The van der Waals surface area contributed by atoms with Crippen LogP contribution in [0.3, 0.4) is 0 Å². The third kappa shape index (κ3) is 9.97. The summed E-state index contributed by atoms with van der Waals surface area (Å²) in [5, 5.41) is 0. The smallest absolute Gasteiger partial charge is 0.172 e. The second-order valence-electron chi connectivity index (χ2n) is 11.6. The first-order valence-corrected chi connectivity index (χ1v) is 13.6. The Morgan fingerprint density at radius 2 is 0.481 bits per heavy atom. The van der Waals surface area contributed by atoms with Gasteiger partial charge < -0.3 is 0 Å². The fourth-order valence-corrected chi connectivity index (χ4v) is 7.89. The van der Waals surface area contributed by atoms with Crippen LogP contribution in [0, 0.1) is 0 Å². The summed E-state index contributed by atoms with van der Waals surface area (Å²) < 4.78 is 0. The number of rotatable bonds is 4. The van der Waals surface area contributed by atoms with Crippen LogP contribution in [0.2, 0.25) is 23.3 Å². The molecule has 0 spiro atoms. The average molecular weight is 383 g/mol. The van der Waals surface area contributed by atoms with E-state index in [1.54, 1.807) is 103 Å². The number of hydrogen-bond donors (Lipinski definition) is 0. The zero-order chi connectivity index (χ0) is 17.9. The van der Waals surface area contributed by atoms with Crippen LogP contribution in [-0.2, 0) is 0 Å². The van der Waals surface area contributed by atoms with Crippen molar-refractivity contribution in [2.24, 2.45) is 0 Å². The van der Waals surface area contributed by atoms with Gasteiger partial charge in [-0.25, -0.2) is 0 Å². The topological polar surface area (TPSA) is 0 Å². The molecular formula is C24H48B2Mg. The Kier molecular flexibility index (Phi) is 13.3. The van der Waals surface area contributed by atoms with Gasteiger partial charge in [-0.15, -0.1) is 0 Å². The van der Waals surface area contributed by atoms with Crippen LogP contribution >= 0.6 is 0 Å². The third-order valence-corrected chi connectivity index (χ3v) is 9.46. The summed E-state index contributed by atoms with van der Waals surface area (Å²) >= 11 is 0. The summed E-state index contributed by atoms with van der Waals surface area (Å²) in [6.45, 7) is 0. The molecule has 0 aromatic carbocycles. The van der Waals surface area contributed by atoms with Gasteiger partial charge in [0, 0.05) is 0 Å². The van der Waals surface area contributed by atoms with E-state index in [-0.39, 0.29) is 23.1 Å². The van der Waals surface area contributed by atoms with Crippen molar-refractivity contribution >= 4 is 37.6 Å².